The van der Waals surface area contributed by atoms with Gasteiger partial charge in [0.1, 0.15) is 5.75 Å². The van der Waals surface area contributed by atoms with Gasteiger partial charge in [0.2, 0.25) is 0 Å². The van der Waals surface area contributed by atoms with E-state index in [-0.39, 0.29) is 18.0 Å². The minimum Gasteiger partial charge on any atom is -0.505 e. The van der Waals surface area contributed by atoms with Crippen LogP contribution in [0.15, 0.2) is 71.6 Å². The Morgan fingerprint density at radius 1 is 1.07 bits per heavy atom. The first-order valence-corrected chi connectivity index (χ1v) is 9.43. The number of aliphatic hydroxyl groups is 1. The smallest absolute Gasteiger partial charge is 0.270 e. The van der Waals surface area contributed by atoms with Crippen LogP contribution in [0.5, 0.6) is 5.75 Å². The minimum absolute atomic E-state index is 0.00323. The summed E-state index contributed by atoms with van der Waals surface area (Å²) >= 11 is 1.32. The summed E-state index contributed by atoms with van der Waals surface area (Å²) in [6.07, 6.45) is 0. The number of non-ortho nitro benzene ring substituents is 1. The number of benzene rings is 3. The Bertz CT molecular complexity index is 979. The molecule has 0 aliphatic rings. The number of aryl methyl sites for hydroxylation is 1. The Balaban J connectivity index is 2.02. The van der Waals surface area contributed by atoms with Gasteiger partial charge in [-0.15, -0.1) is 0 Å². The van der Waals surface area contributed by atoms with Gasteiger partial charge in [-0.3, -0.25) is 10.1 Å². The number of aromatic hydroxyl groups is 1. The predicted molar refractivity (Wildman–Crippen MR) is 110 cm³/mol. The van der Waals surface area contributed by atoms with Crippen molar-refractivity contribution in [3.05, 3.63) is 93.5 Å². The third-order valence-corrected chi connectivity index (χ3v) is 5.48. The van der Waals surface area contributed by atoms with Crippen molar-refractivity contribution in [1.29, 1.82) is 0 Å². The highest BCUT2D eigenvalue weighted by molar-refractivity contribution is 8.00. The first-order chi connectivity index (χ1) is 13.5. The van der Waals surface area contributed by atoms with Crippen molar-refractivity contribution in [2.45, 2.75) is 25.0 Å². The summed E-state index contributed by atoms with van der Waals surface area (Å²) in [4.78, 5) is 11.5. The summed E-state index contributed by atoms with van der Waals surface area (Å²) in [5.74, 6) is -0.00323. The highest BCUT2D eigenvalue weighted by atomic mass is 32.2. The van der Waals surface area contributed by atoms with Crippen molar-refractivity contribution in [2.24, 2.45) is 0 Å². The summed E-state index contributed by atoms with van der Waals surface area (Å²) < 4.78 is 1.87. The van der Waals surface area contributed by atoms with E-state index in [1.165, 1.54) is 24.1 Å². The third kappa shape index (κ3) is 4.44. The molecule has 0 heterocycles. The average Bonchev–Trinajstić information content (AvgIpc) is 2.70. The molecule has 28 heavy (non-hydrogen) atoms. The maximum atomic E-state index is 11.2. The van der Waals surface area contributed by atoms with Crippen molar-refractivity contribution >= 4 is 23.3 Å². The molecule has 0 unspecified atom stereocenters. The van der Waals surface area contributed by atoms with Gasteiger partial charge in [-0.25, -0.2) is 0 Å². The Morgan fingerprint density at radius 3 is 2.50 bits per heavy atom. The number of phenols is 1. The summed E-state index contributed by atoms with van der Waals surface area (Å²) in [6.45, 7) is 2.08. The van der Waals surface area contributed by atoms with Gasteiger partial charge < -0.3 is 14.5 Å². The number of rotatable bonds is 7. The van der Waals surface area contributed by atoms with E-state index in [1.807, 2.05) is 41.6 Å². The molecule has 0 aliphatic carbocycles. The van der Waals surface area contributed by atoms with E-state index >= 15 is 0 Å². The van der Waals surface area contributed by atoms with Crippen LogP contribution in [-0.2, 0) is 13.2 Å². The van der Waals surface area contributed by atoms with Crippen LogP contribution >= 0.6 is 11.9 Å². The monoisotopic (exact) mass is 396 g/mol. The number of nitro groups is 1. The highest BCUT2D eigenvalue weighted by Crippen LogP contribution is 2.40. The van der Waals surface area contributed by atoms with Crippen LogP contribution in [0, 0.1) is 17.0 Å². The molecule has 7 heteroatoms. The molecule has 0 atom stereocenters. The number of para-hydroxylation sites is 1. The number of hydrogen-bond donors (Lipinski definition) is 2. The highest BCUT2D eigenvalue weighted by Gasteiger charge is 2.18. The zero-order valence-corrected chi connectivity index (χ0v) is 16.1. The number of nitrogens with zero attached hydrogens (tertiary/aromatic N) is 2. The maximum Gasteiger partial charge on any atom is 0.270 e. The zero-order chi connectivity index (χ0) is 20.1. The molecule has 0 radical (unpaired) electrons. The van der Waals surface area contributed by atoms with Gasteiger partial charge in [0.15, 0.2) is 0 Å². The second-order valence-electron chi connectivity index (χ2n) is 6.26. The van der Waals surface area contributed by atoms with Crippen molar-refractivity contribution < 1.29 is 15.1 Å². The lowest BCUT2D eigenvalue weighted by atomic mass is 10.1. The SMILES string of the molecule is Cc1ccc([N+](=O)[O-])cc1SN(Cc1ccccc1)c1cccc(CO)c1O. The van der Waals surface area contributed by atoms with E-state index < -0.39 is 4.92 Å². The minimum atomic E-state index is -0.422. The second-order valence-corrected chi connectivity index (χ2v) is 7.33. The summed E-state index contributed by atoms with van der Waals surface area (Å²) in [5.41, 5.74) is 2.89. The van der Waals surface area contributed by atoms with Crippen LogP contribution in [0.2, 0.25) is 0 Å². The lowest BCUT2D eigenvalue weighted by Gasteiger charge is -2.25. The molecule has 0 saturated heterocycles. The Morgan fingerprint density at radius 2 is 1.82 bits per heavy atom. The summed E-state index contributed by atoms with van der Waals surface area (Å²) in [7, 11) is 0. The quantitative estimate of drug-likeness (QED) is 0.338. The lowest BCUT2D eigenvalue weighted by molar-refractivity contribution is -0.385. The maximum absolute atomic E-state index is 11.2. The molecular weight excluding hydrogens is 376 g/mol. The van der Waals surface area contributed by atoms with Gasteiger partial charge in [-0.2, -0.15) is 0 Å². The Hall–Kier alpha value is -3.03. The molecule has 0 spiro atoms. The van der Waals surface area contributed by atoms with E-state index in [0.29, 0.717) is 17.8 Å². The molecule has 0 aromatic heterocycles. The molecule has 0 amide bonds. The van der Waals surface area contributed by atoms with Crippen LogP contribution < -0.4 is 4.31 Å². The fourth-order valence-electron chi connectivity index (χ4n) is 2.74. The molecule has 2 N–H and O–H groups in total. The topological polar surface area (TPSA) is 86.8 Å². The molecular formula is C21H20N2O4S. The van der Waals surface area contributed by atoms with E-state index in [9.17, 15) is 20.3 Å². The number of hydrogen-bond acceptors (Lipinski definition) is 6. The van der Waals surface area contributed by atoms with E-state index in [0.717, 1.165) is 16.0 Å². The number of anilines is 1. The van der Waals surface area contributed by atoms with Crippen molar-refractivity contribution in [1.82, 2.24) is 0 Å². The van der Waals surface area contributed by atoms with Crippen LogP contribution in [0.25, 0.3) is 0 Å². The van der Waals surface area contributed by atoms with Gasteiger partial charge in [-0.05, 0) is 36.1 Å². The van der Waals surface area contributed by atoms with E-state index in [4.69, 9.17) is 0 Å². The van der Waals surface area contributed by atoms with Gasteiger partial charge in [-0.1, -0.05) is 48.5 Å². The van der Waals surface area contributed by atoms with Gasteiger partial charge >= 0.3 is 0 Å². The fourth-order valence-corrected chi connectivity index (χ4v) is 3.82. The molecule has 144 valence electrons. The lowest BCUT2D eigenvalue weighted by Crippen LogP contribution is -2.14. The van der Waals surface area contributed by atoms with Crippen LogP contribution in [0.1, 0.15) is 16.7 Å². The Labute approximate surface area is 167 Å². The molecule has 6 nitrogen and oxygen atoms in total. The van der Waals surface area contributed by atoms with Crippen molar-refractivity contribution in [2.75, 3.05) is 4.31 Å². The summed E-state index contributed by atoms with van der Waals surface area (Å²) in [5, 5.41) is 31.3. The number of nitro benzene ring substituents is 1. The van der Waals surface area contributed by atoms with Crippen molar-refractivity contribution in [3.63, 3.8) is 0 Å². The molecule has 3 rings (SSSR count). The predicted octanol–water partition coefficient (Wildman–Crippen LogP) is 4.82. The van der Waals surface area contributed by atoms with Crippen LogP contribution in [0.4, 0.5) is 11.4 Å². The molecule has 0 fully saturated rings. The first kappa shape index (κ1) is 19.7. The van der Waals surface area contributed by atoms with Gasteiger partial charge in [0.05, 0.1) is 23.8 Å². The Kier molecular flexibility index (Phi) is 6.18. The zero-order valence-electron chi connectivity index (χ0n) is 15.3. The molecule has 0 aliphatic heterocycles. The standard InChI is InChI=1S/C21H20N2O4S/c1-15-10-11-18(23(26)27)12-20(15)28-22(13-16-6-3-2-4-7-16)19-9-5-8-17(14-24)21(19)25/h2-12,24-25H,13-14H2,1H3. The molecule has 0 saturated carbocycles. The van der Waals surface area contributed by atoms with Crippen LogP contribution in [0.3, 0.4) is 0 Å². The largest absolute Gasteiger partial charge is 0.505 e. The fraction of sp³-hybridized carbons (Fsp3) is 0.143. The number of aliphatic hydroxyl groups excluding tert-OH is 1. The second kappa shape index (κ2) is 8.77. The first-order valence-electron chi connectivity index (χ1n) is 8.65. The van der Waals surface area contributed by atoms with Gasteiger partial charge in [0.25, 0.3) is 5.69 Å². The molecule has 3 aromatic rings. The average molecular weight is 396 g/mol. The van der Waals surface area contributed by atoms with Crippen LogP contribution in [-0.4, -0.2) is 15.1 Å². The molecule has 3 aromatic carbocycles. The van der Waals surface area contributed by atoms with E-state index in [1.54, 1.807) is 24.3 Å². The molecule has 0 bridgehead atoms. The van der Waals surface area contributed by atoms with Crippen molar-refractivity contribution in [3.8, 4) is 5.75 Å². The normalized spacial score (nSPS) is 10.6. The van der Waals surface area contributed by atoms with E-state index in [2.05, 4.69) is 0 Å². The van der Waals surface area contributed by atoms with Gasteiger partial charge in [0, 0.05) is 22.6 Å². The summed E-state index contributed by atoms with van der Waals surface area (Å²) in [6, 6.07) is 19.6. The third-order valence-electron chi connectivity index (χ3n) is 4.30.